The Morgan fingerprint density at radius 1 is 0.946 bits per heavy atom. The predicted molar refractivity (Wildman–Crippen MR) is 143 cm³/mol. The fraction of sp³-hybridized carbons (Fsp3) is 0.370. The molecule has 2 aliphatic heterocycles. The normalized spacial score (nSPS) is 16.6. The van der Waals surface area contributed by atoms with Crippen molar-refractivity contribution in [3.63, 3.8) is 0 Å². The number of aromatic amines is 1. The number of hydrogen-bond acceptors (Lipinski definition) is 6. The number of carbonyl (C=O) groups excluding carboxylic acids is 1. The Morgan fingerprint density at radius 2 is 1.62 bits per heavy atom. The number of urea groups is 1. The van der Waals surface area contributed by atoms with Crippen molar-refractivity contribution >= 4 is 23.4 Å². The van der Waals surface area contributed by atoms with Gasteiger partial charge in [-0.1, -0.05) is 29.8 Å². The summed E-state index contributed by atoms with van der Waals surface area (Å²) in [7, 11) is 0. The summed E-state index contributed by atoms with van der Waals surface area (Å²) in [5, 5.41) is 2.94. The van der Waals surface area contributed by atoms with Gasteiger partial charge in [-0.15, -0.1) is 0 Å². The fourth-order valence-corrected chi connectivity index (χ4v) is 4.77. The molecule has 2 fully saturated rings. The van der Waals surface area contributed by atoms with E-state index < -0.39 is 0 Å². The molecule has 0 radical (unpaired) electrons. The summed E-state index contributed by atoms with van der Waals surface area (Å²) in [6, 6.07) is 16.0. The summed E-state index contributed by atoms with van der Waals surface area (Å²) in [5.74, 6) is 0.329. The van der Waals surface area contributed by atoms with Gasteiger partial charge < -0.3 is 20.0 Å². The number of carbonyl (C=O) groups is 1. The minimum Gasteiger partial charge on any atom is -0.367 e. The molecule has 2 N–H and O–H groups in total. The molecule has 2 amide bonds. The number of piperazine rings is 2. The zero-order chi connectivity index (χ0) is 25.8. The standard InChI is InChI=1S/C27H32FN7O2/c1-20-6-8-21(9-7-20)30-27(37)35-16-14-34(15-17-35)26-29-22(18-25(36)31-26)19-32-10-12-33(13-11-32)24-5-3-2-4-23(24)28/h2-9,18H,10-17,19H2,1H3,(H,30,37)(H,29,31,36). The van der Waals surface area contributed by atoms with E-state index in [1.54, 1.807) is 17.0 Å². The molecule has 3 heterocycles. The number of H-pyrrole nitrogens is 1. The maximum Gasteiger partial charge on any atom is 0.321 e. The molecular weight excluding hydrogens is 473 g/mol. The van der Waals surface area contributed by atoms with Gasteiger partial charge in [-0.25, -0.2) is 14.2 Å². The summed E-state index contributed by atoms with van der Waals surface area (Å²) < 4.78 is 14.1. The number of halogens is 1. The van der Waals surface area contributed by atoms with Crippen LogP contribution in [0.2, 0.25) is 0 Å². The first-order chi connectivity index (χ1) is 17.9. The van der Waals surface area contributed by atoms with E-state index >= 15 is 0 Å². The van der Waals surface area contributed by atoms with E-state index in [0.29, 0.717) is 63.1 Å². The predicted octanol–water partition coefficient (Wildman–Crippen LogP) is 2.89. The SMILES string of the molecule is Cc1ccc(NC(=O)N2CCN(c3nc(CN4CCN(c5ccccc5F)CC4)cc(=O)[nH]3)CC2)cc1. The van der Waals surface area contributed by atoms with Crippen LogP contribution in [0.25, 0.3) is 0 Å². The first-order valence-electron chi connectivity index (χ1n) is 12.6. The van der Waals surface area contributed by atoms with Crippen LogP contribution in [0.5, 0.6) is 0 Å². The van der Waals surface area contributed by atoms with E-state index in [2.05, 4.69) is 20.1 Å². The Hall–Kier alpha value is -3.92. The molecule has 10 heteroatoms. The van der Waals surface area contributed by atoms with E-state index in [1.807, 2.05) is 42.2 Å². The van der Waals surface area contributed by atoms with Gasteiger partial charge in [0.2, 0.25) is 5.95 Å². The number of rotatable bonds is 5. The number of para-hydroxylation sites is 1. The minimum absolute atomic E-state index is 0.131. The lowest BCUT2D eigenvalue weighted by molar-refractivity contribution is 0.208. The lowest BCUT2D eigenvalue weighted by atomic mass is 10.2. The molecule has 0 unspecified atom stereocenters. The number of aryl methyl sites for hydroxylation is 1. The van der Waals surface area contributed by atoms with E-state index in [4.69, 9.17) is 4.98 Å². The van der Waals surface area contributed by atoms with Crippen molar-refractivity contribution in [1.82, 2.24) is 19.8 Å². The molecule has 3 aromatic rings. The average Bonchev–Trinajstić information content (AvgIpc) is 2.91. The molecule has 0 atom stereocenters. The quantitative estimate of drug-likeness (QED) is 0.555. The van der Waals surface area contributed by atoms with Crippen molar-refractivity contribution in [1.29, 1.82) is 0 Å². The van der Waals surface area contributed by atoms with Crippen molar-refractivity contribution in [3.05, 3.63) is 82.0 Å². The lowest BCUT2D eigenvalue weighted by Crippen LogP contribution is -2.51. The van der Waals surface area contributed by atoms with E-state index in [9.17, 15) is 14.0 Å². The molecule has 1 aromatic heterocycles. The van der Waals surface area contributed by atoms with Gasteiger partial charge in [0.1, 0.15) is 5.82 Å². The molecule has 0 spiro atoms. The number of aromatic nitrogens is 2. The zero-order valence-electron chi connectivity index (χ0n) is 21.0. The topological polar surface area (TPSA) is 87.8 Å². The Labute approximate surface area is 215 Å². The fourth-order valence-electron chi connectivity index (χ4n) is 4.77. The van der Waals surface area contributed by atoms with Crippen LogP contribution in [0, 0.1) is 12.7 Å². The van der Waals surface area contributed by atoms with Gasteiger partial charge in [0, 0.05) is 70.7 Å². The molecular formula is C27H32FN7O2. The molecule has 0 aliphatic carbocycles. The molecule has 0 saturated carbocycles. The molecule has 5 rings (SSSR count). The second-order valence-corrected chi connectivity index (χ2v) is 9.55. The average molecular weight is 506 g/mol. The zero-order valence-corrected chi connectivity index (χ0v) is 21.0. The third-order valence-corrected chi connectivity index (χ3v) is 6.90. The van der Waals surface area contributed by atoms with Crippen LogP contribution < -0.4 is 20.7 Å². The highest BCUT2D eigenvalue weighted by atomic mass is 19.1. The molecule has 37 heavy (non-hydrogen) atoms. The van der Waals surface area contributed by atoms with Crippen molar-refractivity contribution in [2.75, 3.05) is 67.5 Å². The van der Waals surface area contributed by atoms with Gasteiger partial charge in [0.25, 0.3) is 5.56 Å². The van der Waals surface area contributed by atoms with Gasteiger partial charge in [0.05, 0.1) is 11.4 Å². The highest BCUT2D eigenvalue weighted by Gasteiger charge is 2.24. The first-order valence-corrected chi connectivity index (χ1v) is 12.6. The van der Waals surface area contributed by atoms with Gasteiger partial charge in [-0.2, -0.15) is 0 Å². The number of benzene rings is 2. The number of nitrogens with zero attached hydrogens (tertiary/aromatic N) is 5. The Kier molecular flexibility index (Phi) is 7.36. The van der Waals surface area contributed by atoms with Gasteiger partial charge in [-0.05, 0) is 31.2 Å². The number of nitrogens with one attached hydrogen (secondary N) is 2. The third-order valence-electron chi connectivity index (χ3n) is 6.90. The van der Waals surface area contributed by atoms with E-state index in [0.717, 1.165) is 24.3 Å². The highest BCUT2D eigenvalue weighted by Crippen LogP contribution is 2.21. The van der Waals surface area contributed by atoms with Gasteiger partial charge in [0.15, 0.2) is 0 Å². The maximum atomic E-state index is 14.1. The highest BCUT2D eigenvalue weighted by molar-refractivity contribution is 5.89. The van der Waals surface area contributed by atoms with Crippen molar-refractivity contribution < 1.29 is 9.18 Å². The third kappa shape index (κ3) is 6.08. The number of amides is 2. The monoisotopic (exact) mass is 505 g/mol. The summed E-state index contributed by atoms with van der Waals surface area (Å²) >= 11 is 0. The maximum absolute atomic E-state index is 14.1. The second kappa shape index (κ2) is 11.0. The van der Waals surface area contributed by atoms with E-state index in [-0.39, 0.29) is 17.4 Å². The first kappa shape index (κ1) is 24.8. The van der Waals surface area contributed by atoms with Gasteiger partial charge >= 0.3 is 6.03 Å². The Bertz CT molecular complexity index is 1280. The Balaban J connectivity index is 1.15. The smallest absolute Gasteiger partial charge is 0.321 e. The van der Waals surface area contributed by atoms with Crippen molar-refractivity contribution in [3.8, 4) is 0 Å². The van der Waals surface area contributed by atoms with Crippen LogP contribution in [0.3, 0.4) is 0 Å². The summed E-state index contributed by atoms with van der Waals surface area (Å²) in [4.78, 5) is 40.7. The molecule has 2 aliphatic rings. The van der Waals surface area contributed by atoms with Crippen molar-refractivity contribution in [2.24, 2.45) is 0 Å². The lowest BCUT2D eigenvalue weighted by Gasteiger charge is -2.36. The number of hydrogen-bond donors (Lipinski definition) is 2. The van der Waals surface area contributed by atoms with Crippen LogP contribution in [0.4, 0.5) is 26.5 Å². The summed E-state index contributed by atoms with van der Waals surface area (Å²) in [5.41, 5.74) is 3.05. The van der Waals surface area contributed by atoms with Gasteiger partial charge in [-0.3, -0.25) is 14.7 Å². The molecule has 2 aromatic carbocycles. The van der Waals surface area contributed by atoms with Crippen LogP contribution >= 0.6 is 0 Å². The van der Waals surface area contributed by atoms with Crippen LogP contribution in [-0.2, 0) is 6.54 Å². The second-order valence-electron chi connectivity index (χ2n) is 9.55. The van der Waals surface area contributed by atoms with Crippen LogP contribution in [0.15, 0.2) is 59.4 Å². The largest absolute Gasteiger partial charge is 0.367 e. The summed E-state index contributed by atoms with van der Waals surface area (Å²) in [6.07, 6.45) is 0. The molecule has 194 valence electrons. The van der Waals surface area contributed by atoms with E-state index in [1.165, 1.54) is 12.1 Å². The van der Waals surface area contributed by atoms with Crippen LogP contribution in [0.1, 0.15) is 11.3 Å². The molecule has 2 saturated heterocycles. The number of anilines is 3. The molecule has 9 nitrogen and oxygen atoms in total. The van der Waals surface area contributed by atoms with Crippen LogP contribution in [-0.4, -0.2) is 78.2 Å². The molecule has 0 bridgehead atoms. The Morgan fingerprint density at radius 3 is 2.32 bits per heavy atom. The minimum atomic E-state index is -0.204. The summed E-state index contributed by atoms with van der Waals surface area (Å²) in [6.45, 7) is 7.72. The van der Waals surface area contributed by atoms with Crippen molar-refractivity contribution in [2.45, 2.75) is 13.5 Å².